The molecule has 1 aromatic carbocycles. The zero-order chi connectivity index (χ0) is 11.7. The van der Waals surface area contributed by atoms with Crippen molar-refractivity contribution in [3.63, 3.8) is 0 Å². The van der Waals surface area contributed by atoms with Crippen LogP contribution in [0.5, 0.6) is 0 Å². The number of carbonyl (C=O) groups is 1. The minimum atomic E-state index is 0.125. The van der Waals surface area contributed by atoms with Gasteiger partial charge in [0, 0.05) is 16.5 Å². The Kier molecular flexibility index (Phi) is 3.44. The molecule has 0 aliphatic rings. The summed E-state index contributed by atoms with van der Waals surface area (Å²) in [5.74, 6) is 0.125. The molecule has 0 bridgehead atoms. The summed E-state index contributed by atoms with van der Waals surface area (Å²) in [6, 6.07) is 7.93. The van der Waals surface area contributed by atoms with E-state index in [1.54, 1.807) is 11.3 Å². The van der Waals surface area contributed by atoms with Gasteiger partial charge in [-0.25, -0.2) is 0 Å². The molecular weight excluding hydrogens is 331 g/mol. The molecule has 2 rings (SSSR count). The molecule has 0 radical (unpaired) electrons. The van der Waals surface area contributed by atoms with E-state index in [1.807, 2.05) is 43.5 Å². The molecule has 1 aromatic heterocycles. The number of ketones is 1. The quantitative estimate of drug-likeness (QED) is 0.591. The summed E-state index contributed by atoms with van der Waals surface area (Å²) >= 11 is 3.84. The van der Waals surface area contributed by atoms with E-state index >= 15 is 0 Å². The van der Waals surface area contributed by atoms with Gasteiger partial charge in [-0.3, -0.25) is 4.79 Å². The van der Waals surface area contributed by atoms with Crippen LogP contribution in [0.3, 0.4) is 0 Å². The van der Waals surface area contributed by atoms with Gasteiger partial charge in [0.15, 0.2) is 5.78 Å². The van der Waals surface area contributed by atoms with Gasteiger partial charge >= 0.3 is 0 Å². The molecule has 82 valence electrons. The first-order chi connectivity index (χ1) is 7.58. The summed E-state index contributed by atoms with van der Waals surface area (Å²) in [6.07, 6.45) is 0. The van der Waals surface area contributed by atoms with Gasteiger partial charge in [-0.15, -0.1) is 11.3 Å². The van der Waals surface area contributed by atoms with Crippen molar-refractivity contribution in [1.29, 1.82) is 0 Å². The first kappa shape index (κ1) is 11.8. The maximum absolute atomic E-state index is 12.2. The lowest BCUT2D eigenvalue weighted by molar-refractivity contribution is 0.103. The Hall–Kier alpha value is -0.680. The lowest BCUT2D eigenvalue weighted by atomic mass is 9.99. The monoisotopic (exact) mass is 342 g/mol. The van der Waals surface area contributed by atoms with Crippen LogP contribution in [-0.2, 0) is 0 Å². The van der Waals surface area contributed by atoms with E-state index in [2.05, 4.69) is 22.6 Å². The molecule has 1 nitrogen and oxygen atoms in total. The smallest absolute Gasteiger partial charge is 0.194 e. The van der Waals surface area contributed by atoms with Crippen molar-refractivity contribution in [2.75, 3.05) is 0 Å². The number of carbonyl (C=O) groups excluding carboxylic acids is 1. The fourth-order valence-corrected chi connectivity index (χ4v) is 2.89. The second-order valence-electron chi connectivity index (χ2n) is 3.79. The Balaban J connectivity index is 2.45. The summed E-state index contributed by atoms with van der Waals surface area (Å²) < 4.78 is 1.14. The third-order valence-electron chi connectivity index (χ3n) is 2.47. The fraction of sp³-hybridized carbons (Fsp3) is 0.154. The van der Waals surface area contributed by atoms with E-state index in [0.717, 1.165) is 25.1 Å². The number of aryl methyl sites for hydroxylation is 2. The van der Waals surface area contributed by atoms with E-state index < -0.39 is 0 Å². The molecule has 1 heterocycles. The molecule has 0 spiro atoms. The van der Waals surface area contributed by atoms with Gasteiger partial charge in [0.05, 0.1) is 2.88 Å². The summed E-state index contributed by atoms with van der Waals surface area (Å²) in [4.78, 5) is 12.2. The summed E-state index contributed by atoms with van der Waals surface area (Å²) in [5, 5.41) is 1.92. The van der Waals surface area contributed by atoms with Crippen LogP contribution in [0.2, 0.25) is 0 Å². The topological polar surface area (TPSA) is 17.1 Å². The number of thiophene rings is 1. The van der Waals surface area contributed by atoms with E-state index in [4.69, 9.17) is 0 Å². The van der Waals surface area contributed by atoms with Crippen LogP contribution in [0.1, 0.15) is 27.0 Å². The number of hydrogen-bond donors (Lipinski definition) is 0. The Morgan fingerprint density at radius 2 is 2.00 bits per heavy atom. The van der Waals surface area contributed by atoms with Crippen molar-refractivity contribution in [3.05, 3.63) is 54.8 Å². The van der Waals surface area contributed by atoms with Gasteiger partial charge in [0.25, 0.3) is 0 Å². The van der Waals surface area contributed by atoms with E-state index in [-0.39, 0.29) is 5.78 Å². The van der Waals surface area contributed by atoms with Crippen LogP contribution >= 0.6 is 33.9 Å². The highest BCUT2D eigenvalue weighted by Gasteiger charge is 2.13. The predicted molar refractivity (Wildman–Crippen MR) is 76.4 cm³/mol. The largest absolute Gasteiger partial charge is 0.289 e. The minimum absolute atomic E-state index is 0.125. The average molecular weight is 342 g/mol. The van der Waals surface area contributed by atoms with Crippen molar-refractivity contribution in [1.82, 2.24) is 0 Å². The third-order valence-corrected chi connectivity index (χ3v) is 4.26. The van der Waals surface area contributed by atoms with Gasteiger partial charge in [0.1, 0.15) is 0 Å². The Labute approximate surface area is 113 Å². The Morgan fingerprint density at radius 3 is 2.62 bits per heavy atom. The van der Waals surface area contributed by atoms with Crippen LogP contribution in [-0.4, -0.2) is 5.78 Å². The summed E-state index contributed by atoms with van der Waals surface area (Å²) in [7, 11) is 0. The van der Waals surface area contributed by atoms with E-state index in [9.17, 15) is 4.79 Å². The van der Waals surface area contributed by atoms with Crippen LogP contribution in [0, 0.1) is 16.7 Å². The molecule has 0 atom stereocenters. The molecular formula is C13H11IOS. The number of hydrogen-bond acceptors (Lipinski definition) is 2. The van der Waals surface area contributed by atoms with Gasteiger partial charge in [-0.1, -0.05) is 17.7 Å². The van der Waals surface area contributed by atoms with Crippen molar-refractivity contribution in [2.45, 2.75) is 13.8 Å². The van der Waals surface area contributed by atoms with Crippen molar-refractivity contribution in [3.8, 4) is 0 Å². The van der Waals surface area contributed by atoms with Crippen molar-refractivity contribution in [2.24, 2.45) is 0 Å². The second kappa shape index (κ2) is 4.67. The second-order valence-corrected chi connectivity index (χ2v) is 6.59. The zero-order valence-corrected chi connectivity index (χ0v) is 12.1. The zero-order valence-electron chi connectivity index (χ0n) is 9.08. The molecule has 2 aromatic rings. The molecule has 3 heteroatoms. The molecule has 0 N–H and O–H groups in total. The minimum Gasteiger partial charge on any atom is -0.289 e. The summed E-state index contributed by atoms with van der Waals surface area (Å²) in [6.45, 7) is 3.98. The van der Waals surface area contributed by atoms with Crippen molar-refractivity contribution < 1.29 is 4.79 Å². The normalized spacial score (nSPS) is 10.4. The van der Waals surface area contributed by atoms with Crippen LogP contribution < -0.4 is 0 Å². The molecule has 0 saturated carbocycles. The number of rotatable bonds is 2. The first-order valence-corrected chi connectivity index (χ1v) is 6.90. The van der Waals surface area contributed by atoms with Crippen LogP contribution in [0.15, 0.2) is 29.6 Å². The van der Waals surface area contributed by atoms with Crippen molar-refractivity contribution >= 4 is 39.7 Å². The summed E-state index contributed by atoms with van der Waals surface area (Å²) in [5.41, 5.74) is 3.77. The van der Waals surface area contributed by atoms with Crippen LogP contribution in [0.4, 0.5) is 0 Å². The molecule has 16 heavy (non-hydrogen) atoms. The molecule has 0 amide bonds. The molecule has 0 aliphatic heterocycles. The van der Waals surface area contributed by atoms with E-state index in [0.29, 0.717) is 0 Å². The van der Waals surface area contributed by atoms with E-state index in [1.165, 1.54) is 0 Å². The number of halogens is 1. The molecule has 0 aliphatic carbocycles. The first-order valence-electron chi connectivity index (χ1n) is 4.94. The lowest BCUT2D eigenvalue weighted by Crippen LogP contribution is -2.02. The number of benzene rings is 1. The molecule has 0 saturated heterocycles. The highest BCUT2D eigenvalue weighted by atomic mass is 127. The maximum atomic E-state index is 12.2. The van der Waals surface area contributed by atoms with Crippen LogP contribution in [0.25, 0.3) is 0 Å². The Bertz CT molecular complexity index is 543. The average Bonchev–Trinajstić information content (AvgIpc) is 2.67. The lowest BCUT2D eigenvalue weighted by Gasteiger charge is -2.04. The Morgan fingerprint density at radius 1 is 1.25 bits per heavy atom. The van der Waals surface area contributed by atoms with Gasteiger partial charge < -0.3 is 0 Å². The van der Waals surface area contributed by atoms with Gasteiger partial charge in [-0.2, -0.15) is 0 Å². The fourth-order valence-electron chi connectivity index (χ4n) is 1.57. The van der Waals surface area contributed by atoms with Gasteiger partial charge in [0.2, 0.25) is 0 Å². The molecule has 0 fully saturated rings. The molecule has 0 unspecified atom stereocenters. The standard InChI is InChI=1S/C13H11IOS/c1-8-3-4-9(2)11(5-8)13(15)10-6-12(14)16-7-10/h3-7H,1-2H3. The third kappa shape index (κ3) is 2.35. The highest BCUT2D eigenvalue weighted by Crippen LogP contribution is 2.21. The maximum Gasteiger partial charge on any atom is 0.194 e. The van der Waals surface area contributed by atoms with Gasteiger partial charge in [-0.05, 0) is 54.1 Å². The SMILES string of the molecule is Cc1ccc(C)c(C(=O)c2csc(I)c2)c1. The highest BCUT2D eigenvalue weighted by molar-refractivity contribution is 14.1. The predicted octanol–water partition coefficient (Wildman–Crippen LogP) is 4.20.